The summed E-state index contributed by atoms with van der Waals surface area (Å²) in [6, 6.07) is 19.2. The third-order valence-electron chi connectivity index (χ3n) is 8.35. The Morgan fingerprint density at radius 1 is 0.957 bits per heavy atom. The van der Waals surface area contributed by atoms with Gasteiger partial charge in [-0.3, -0.25) is 4.90 Å². The number of carbonyl (C=O) groups is 4. The van der Waals surface area contributed by atoms with Crippen LogP contribution in [-0.2, 0) is 47.0 Å². The average Bonchev–Trinajstić information content (AvgIpc) is 3.55. The van der Waals surface area contributed by atoms with Crippen molar-refractivity contribution >= 4 is 29.8 Å². The van der Waals surface area contributed by atoms with Crippen LogP contribution in [0.5, 0.6) is 5.75 Å². The molecular weight excluding hydrogens is 606 g/mol. The summed E-state index contributed by atoms with van der Waals surface area (Å²) in [5.74, 6) is -1.41. The molecule has 1 fully saturated rings. The molecule has 3 aromatic carbocycles. The van der Waals surface area contributed by atoms with Gasteiger partial charge in [0, 0.05) is 17.7 Å². The number of carbonyl (C=O) groups excluding carboxylic acids is 4. The van der Waals surface area contributed by atoms with Crippen molar-refractivity contribution in [1.29, 1.82) is 0 Å². The first-order valence-electron chi connectivity index (χ1n) is 15.2. The van der Waals surface area contributed by atoms with Crippen LogP contribution in [0.25, 0.3) is 0 Å². The van der Waals surface area contributed by atoms with E-state index in [4.69, 9.17) is 18.9 Å². The molecule has 12 heteroatoms. The van der Waals surface area contributed by atoms with Crippen molar-refractivity contribution in [3.63, 3.8) is 0 Å². The van der Waals surface area contributed by atoms with E-state index >= 15 is 0 Å². The first kappa shape index (κ1) is 33.1. The van der Waals surface area contributed by atoms with Crippen LogP contribution in [0.4, 0.5) is 15.3 Å². The molecule has 3 N–H and O–H groups in total. The van der Waals surface area contributed by atoms with Gasteiger partial charge in [0.1, 0.15) is 36.2 Å². The summed E-state index contributed by atoms with van der Waals surface area (Å²) in [5.41, 5.74) is 1.25. The van der Waals surface area contributed by atoms with Gasteiger partial charge in [0.2, 0.25) is 0 Å². The lowest BCUT2D eigenvalue weighted by atomic mass is 9.71. The normalized spacial score (nSPS) is 20.2. The fraction of sp³-hybridized carbons (Fsp3) is 0.371. The number of likely N-dealkylation sites (tertiary alicyclic amines) is 1. The number of phenolic OH excluding ortho intramolecular Hbond substituents is 1. The Morgan fingerprint density at radius 3 is 2.34 bits per heavy atom. The monoisotopic (exact) mass is 645 g/mol. The van der Waals surface area contributed by atoms with E-state index in [1.807, 2.05) is 54.6 Å². The number of anilines is 1. The lowest BCUT2D eigenvalue weighted by molar-refractivity contribution is -0.146. The number of rotatable bonds is 8. The number of benzene rings is 3. The van der Waals surface area contributed by atoms with Crippen molar-refractivity contribution in [2.24, 2.45) is 0 Å². The largest absolute Gasteiger partial charge is 0.508 e. The third-order valence-corrected chi connectivity index (χ3v) is 8.35. The number of nitrogens with one attached hydrogen (secondary N) is 2. The van der Waals surface area contributed by atoms with Crippen LogP contribution in [0.1, 0.15) is 49.4 Å². The second-order valence-electron chi connectivity index (χ2n) is 12.5. The van der Waals surface area contributed by atoms with Crippen LogP contribution in [-0.4, -0.2) is 72.2 Å². The van der Waals surface area contributed by atoms with E-state index in [-0.39, 0.29) is 25.2 Å². The molecule has 2 heterocycles. The molecule has 5 rings (SSSR count). The lowest BCUT2D eigenvalue weighted by Crippen LogP contribution is -2.51. The van der Waals surface area contributed by atoms with Crippen molar-refractivity contribution in [2.75, 3.05) is 19.5 Å². The minimum atomic E-state index is -1.13. The number of phenols is 1. The SMILES string of the molecule is COC(=O)[C@H](Cc1ccc(O)c([C@@]23C[C@@H](C(=O)OC)N(C(=O)OC(C)(C)C)[C@@H]2Nc2ccccc23)c1)NC(=O)OCc1ccccc1. The Bertz CT molecular complexity index is 1660. The zero-order chi connectivity index (χ0) is 33.9. The van der Waals surface area contributed by atoms with E-state index in [2.05, 4.69) is 10.6 Å². The van der Waals surface area contributed by atoms with Crippen molar-refractivity contribution in [2.45, 2.75) is 69.5 Å². The van der Waals surface area contributed by atoms with E-state index in [0.717, 1.165) is 16.8 Å². The van der Waals surface area contributed by atoms with Crippen LogP contribution in [0.2, 0.25) is 0 Å². The molecule has 2 aliphatic rings. The molecule has 1 saturated heterocycles. The minimum Gasteiger partial charge on any atom is -0.508 e. The number of esters is 2. The number of para-hydroxylation sites is 1. The smallest absolute Gasteiger partial charge is 0.412 e. The number of alkyl carbamates (subject to hydrolysis) is 1. The highest BCUT2D eigenvalue weighted by molar-refractivity contribution is 5.86. The highest BCUT2D eigenvalue weighted by Crippen LogP contribution is 2.57. The highest BCUT2D eigenvalue weighted by Gasteiger charge is 2.63. The van der Waals surface area contributed by atoms with E-state index in [0.29, 0.717) is 11.1 Å². The van der Waals surface area contributed by atoms with Gasteiger partial charge < -0.3 is 34.7 Å². The minimum absolute atomic E-state index is 0.00752. The first-order chi connectivity index (χ1) is 22.4. The van der Waals surface area contributed by atoms with Crippen LogP contribution in [0.15, 0.2) is 72.8 Å². The summed E-state index contributed by atoms with van der Waals surface area (Å²) in [4.78, 5) is 53.7. The van der Waals surface area contributed by atoms with Gasteiger partial charge >= 0.3 is 24.1 Å². The molecule has 2 aliphatic heterocycles. The number of ether oxygens (including phenoxy) is 4. The zero-order valence-electron chi connectivity index (χ0n) is 26.9. The first-order valence-corrected chi connectivity index (χ1v) is 15.2. The standard InChI is InChI=1S/C35H39N3O9/c1-34(2,3)47-33(43)38-27(30(41)45-5)19-35(23-13-9-10-14-25(23)36-31(35)38)24-17-22(15-16-28(24)39)18-26(29(40)44-4)37-32(42)46-20-21-11-7-6-8-12-21/h6-17,26-27,31,36,39H,18-20H2,1-5H3,(H,37,42)/t26-,27-,31-,35-/m0/s1. The molecule has 3 aromatic rings. The average molecular weight is 646 g/mol. The number of methoxy groups -OCH3 is 2. The van der Waals surface area contributed by atoms with Crippen molar-refractivity contribution in [3.05, 3.63) is 95.1 Å². The Kier molecular flexibility index (Phi) is 9.32. The van der Waals surface area contributed by atoms with Crippen molar-refractivity contribution in [1.82, 2.24) is 10.2 Å². The van der Waals surface area contributed by atoms with Gasteiger partial charge in [-0.25, -0.2) is 19.2 Å². The van der Waals surface area contributed by atoms with Gasteiger partial charge in [0.05, 0.1) is 19.6 Å². The van der Waals surface area contributed by atoms with Crippen LogP contribution in [0.3, 0.4) is 0 Å². The van der Waals surface area contributed by atoms with Crippen LogP contribution >= 0.6 is 0 Å². The molecule has 12 nitrogen and oxygen atoms in total. The number of fused-ring (bicyclic) bond motifs is 3. The zero-order valence-corrected chi connectivity index (χ0v) is 26.9. The van der Waals surface area contributed by atoms with Crippen molar-refractivity contribution in [3.8, 4) is 5.75 Å². The van der Waals surface area contributed by atoms with Gasteiger partial charge in [-0.1, -0.05) is 60.7 Å². The fourth-order valence-electron chi connectivity index (χ4n) is 6.36. The second kappa shape index (κ2) is 13.2. The summed E-state index contributed by atoms with van der Waals surface area (Å²) in [5, 5.41) is 17.4. The Labute approximate surface area is 272 Å². The van der Waals surface area contributed by atoms with Gasteiger partial charge in [0.25, 0.3) is 0 Å². The quantitative estimate of drug-likeness (QED) is 0.234. The van der Waals surface area contributed by atoms with Gasteiger partial charge in [-0.05, 0) is 56.0 Å². The summed E-state index contributed by atoms with van der Waals surface area (Å²) < 4.78 is 21.2. The molecule has 4 atom stereocenters. The number of nitrogens with zero attached hydrogens (tertiary/aromatic N) is 1. The Morgan fingerprint density at radius 2 is 1.66 bits per heavy atom. The molecule has 0 aromatic heterocycles. The molecule has 0 bridgehead atoms. The van der Waals surface area contributed by atoms with E-state index in [1.54, 1.807) is 32.9 Å². The number of hydrogen-bond acceptors (Lipinski definition) is 10. The second-order valence-corrected chi connectivity index (χ2v) is 12.5. The van der Waals surface area contributed by atoms with E-state index < -0.39 is 53.4 Å². The van der Waals surface area contributed by atoms with Crippen LogP contribution in [0, 0.1) is 0 Å². The third kappa shape index (κ3) is 6.67. The highest BCUT2D eigenvalue weighted by atomic mass is 16.6. The lowest BCUT2D eigenvalue weighted by Gasteiger charge is -2.35. The van der Waals surface area contributed by atoms with Crippen molar-refractivity contribution < 1.29 is 43.2 Å². The maximum Gasteiger partial charge on any atom is 0.412 e. The maximum absolute atomic E-state index is 13.7. The topological polar surface area (TPSA) is 153 Å². The molecule has 0 aliphatic carbocycles. The molecule has 47 heavy (non-hydrogen) atoms. The molecule has 0 radical (unpaired) electrons. The van der Waals surface area contributed by atoms with E-state index in [1.165, 1.54) is 25.2 Å². The van der Waals surface area contributed by atoms with Gasteiger partial charge in [0.15, 0.2) is 0 Å². The Hall–Kier alpha value is -5.26. The summed E-state index contributed by atoms with van der Waals surface area (Å²) in [7, 11) is 2.47. The Balaban J connectivity index is 1.51. The number of aromatic hydroxyl groups is 1. The summed E-state index contributed by atoms with van der Waals surface area (Å²) in [6.45, 7) is 5.21. The van der Waals surface area contributed by atoms with E-state index in [9.17, 15) is 24.3 Å². The molecule has 248 valence electrons. The molecule has 2 amide bonds. The molecule has 0 unspecified atom stereocenters. The number of amides is 2. The summed E-state index contributed by atoms with van der Waals surface area (Å²) in [6.07, 6.45) is -2.32. The van der Waals surface area contributed by atoms with Gasteiger partial charge in [-0.15, -0.1) is 0 Å². The van der Waals surface area contributed by atoms with Crippen LogP contribution < -0.4 is 10.6 Å². The summed E-state index contributed by atoms with van der Waals surface area (Å²) >= 11 is 0. The predicted octanol–water partition coefficient (Wildman–Crippen LogP) is 4.62. The molecule has 0 saturated carbocycles. The molecular formula is C35H39N3O9. The molecule has 0 spiro atoms. The van der Waals surface area contributed by atoms with Gasteiger partial charge in [-0.2, -0.15) is 0 Å². The maximum atomic E-state index is 13.7. The fourth-order valence-corrected chi connectivity index (χ4v) is 6.36. The number of hydrogen-bond donors (Lipinski definition) is 3. The predicted molar refractivity (Wildman–Crippen MR) is 171 cm³/mol.